The van der Waals surface area contributed by atoms with Gasteiger partial charge in [-0.3, -0.25) is 0 Å². The Kier molecular flexibility index (Phi) is 3.42. The molecule has 1 atom stereocenters. The van der Waals surface area contributed by atoms with Gasteiger partial charge < -0.3 is 9.47 Å². The normalized spacial score (nSPS) is 16.8. The molecule has 0 aliphatic carbocycles. The van der Waals surface area contributed by atoms with Gasteiger partial charge in [0.05, 0.1) is 4.47 Å². The molecule has 1 aliphatic rings. The second-order valence-electron chi connectivity index (χ2n) is 4.44. The molecule has 0 saturated heterocycles. The lowest BCUT2D eigenvalue weighted by molar-refractivity contribution is 0.147. The van der Waals surface area contributed by atoms with Crippen molar-refractivity contribution >= 4 is 15.9 Å². The summed E-state index contributed by atoms with van der Waals surface area (Å²) in [5, 5.41) is 0. The average molecular weight is 323 g/mol. The molecule has 1 unspecified atom stereocenters. The Morgan fingerprint density at radius 3 is 2.95 bits per heavy atom. The lowest BCUT2D eigenvalue weighted by Crippen LogP contribution is -2.22. The van der Waals surface area contributed by atoms with Crippen LogP contribution in [0.1, 0.15) is 5.56 Å². The Morgan fingerprint density at radius 2 is 2.11 bits per heavy atom. The van der Waals surface area contributed by atoms with Crippen LogP contribution < -0.4 is 9.47 Å². The standard InChI is InChI=1S/C15H12BrFO2/c16-13-6-5-11(17)8-15(13)18-9-12-7-10-3-1-2-4-14(10)19-12/h1-6,8,12H,7,9H2. The van der Waals surface area contributed by atoms with Gasteiger partial charge in [-0.1, -0.05) is 18.2 Å². The Hall–Kier alpha value is -1.55. The zero-order chi connectivity index (χ0) is 13.2. The van der Waals surface area contributed by atoms with E-state index in [9.17, 15) is 4.39 Å². The van der Waals surface area contributed by atoms with Gasteiger partial charge >= 0.3 is 0 Å². The van der Waals surface area contributed by atoms with E-state index in [-0.39, 0.29) is 11.9 Å². The van der Waals surface area contributed by atoms with Crippen LogP contribution in [0.25, 0.3) is 0 Å². The van der Waals surface area contributed by atoms with Crippen molar-refractivity contribution in [3.63, 3.8) is 0 Å². The molecule has 98 valence electrons. The number of hydrogen-bond acceptors (Lipinski definition) is 2. The summed E-state index contributed by atoms with van der Waals surface area (Å²) in [5.41, 5.74) is 1.19. The molecule has 0 saturated carbocycles. The number of halogens is 2. The molecule has 4 heteroatoms. The Balaban J connectivity index is 1.64. The van der Waals surface area contributed by atoms with Gasteiger partial charge in [-0.05, 0) is 39.7 Å². The van der Waals surface area contributed by atoms with Gasteiger partial charge in [0.1, 0.15) is 30.0 Å². The van der Waals surface area contributed by atoms with Gasteiger partial charge in [0.15, 0.2) is 0 Å². The highest BCUT2D eigenvalue weighted by Gasteiger charge is 2.23. The maximum absolute atomic E-state index is 13.1. The van der Waals surface area contributed by atoms with Gasteiger partial charge in [-0.25, -0.2) is 4.39 Å². The van der Waals surface area contributed by atoms with E-state index in [4.69, 9.17) is 9.47 Å². The van der Waals surface area contributed by atoms with Crippen molar-refractivity contribution < 1.29 is 13.9 Å². The van der Waals surface area contributed by atoms with E-state index in [0.29, 0.717) is 12.4 Å². The maximum Gasteiger partial charge on any atom is 0.137 e. The molecule has 0 amide bonds. The van der Waals surface area contributed by atoms with E-state index in [1.807, 2.05) is 24.3 Å². The molecular weight excluding hydrogens is 311 g/mol. The highest BCUT2D eigenvalue weighted by molar-refractivity contribution is 9.10. The van der Waals surface area contributed by atoms with E-state index in [1.165, 1.54) is 17.7 Å². The van der Waals surface area contributed by atoms with Crippen LogP contribution in [0.4, 0.5) is 4.39 Å². The van der Waals surface area contributed by atoms with Crippen molar-refractivity contribution in [2.75, 3.05) is 6.61 Å². The lowest BCUT2D eigenvalue weighted by atomic mass is 10.1. The number of para-hydroxylation sites is 1. The molecule has 3 rings (SSSR count). The third-order valence-corrected chi connectivity index (χ3v) is 3.69. The summed E-state index contributed by atoms with van der Waals surface area (Å²) >= 11 is 3.34. The molecule has 1 heterocycles. The van der Waals surface area contributed by atoms with E-state index < -0.39 is 0 Å². The van der Waals surface area contributed by atoms with Crippen LogP contribution in [0.3, 0.4) is 0 Å². The van der Waals surface area contributed by atoms with Crippen LogP contribution in [0.2, 0.25) is 0 Å². The smallest absolute Gasteiger partial charge is 0.137 e. The number of fused-ring (bicyclic) bond motifs is 1. The number of hydrogen-bond donors (Lipinski definition) is 0. The molecule has 0 radical (unpaired) electrons. The topological polar surface area (TPSA) is 18.5 Å². The molecule has 19 heavy (non-hydrogen) atoms. The first kappa shape index (κ1) is 12.5. The third-order valence-electron chi connectivity index (χ3n) is 3.03. The molecule has 0 aromatic heterocycles. The summed E-state index contributed by atoms with van der Waals surface area (Å²) in [6.45, 7) is 0.400. The van der Waals surface area contributed by atoms with Gasteiger partial charge in [0.25, 0.3) is 0 Å². The first-order valence-electron chi connectivity index (χ1n) is 6.05. The average Bonchev–Trinajstić information content (AvgIpc) is 2.82. The van der Waals surface area contributed by atoms with Gasteiger partial charge in [-0.15, -0.1) is 0 Å². The second kappa shape index (κ2) is 5.21. The number of ether oxygens (including phenoxy) is 2. The predicted molar refractivity (Wildman–Crippen MR) is 74.2 cm³/mol. The highest BCUT2D eigenvalue weighted by atomic mass is 79.9. The maximum atomic E-state index is 13.1. The minimum Gasteiger partial charge on any atom is -0.488 e. The molecule has 0 fully saturated rings. The summed E-state index contributed by atoms with van der Waals surface area (Å²) in [7, 11) is 0. The second-order valence-corrected chi connectivity index (χ2v) is 5.29. The van der Waals surface area contributed by atoms with Gasteiger partial charge in [-0.2, -0.15) is 0 Å². The van der Waals surface area contributed by atoms with Crippen LogP contribution in [0, 0.1) is 5.82 Å². The summed E-state index contributed by atoms with van der Waals surface area (Å²) < 4.78 is 25.3. The summed E-state index contributed by atoms with van der Waals surface area (Å²) in [6.07, 6.45) is 0.802. The largest absolute Gasteiger partial charge is 0.488 e. The molecule has 2 nitrogen and oxygen atoms in total. The fourth-order valence-electron chi connectivity index (χ4n) is 2.12. The first-order chi connectivity index (χ1) is 9.22. The van der Waals surface area contributed by atoms with Crippen molar-refractivity contribution in [1.29, 1.82) is 0 Å². The number of rotatable bonds is 3. The van der Waals surface area contributed by atoms with E-state index in [0.717, 1.165) is 16.6 Å². The zero-order valence-corrected chi connectivity index (χ0v) is 11.7. The monoisotopic (exact) mass is 322 g/mol. The molecule has 2 aromatic carbocycles. The summed E-state index contributed by atoms with van der Waals surface area (Å²) in [5.74, 6) is 1.10. The Bertz CT molecular complexity index is 575. The molecule has 2 aromatic rings. The molecule has 1 aliphatic heterocycles. The Labute approximate surface area is 119 Å². The first-order valence-corrected chi connectivity index (χ1v) is 6.84. The quantitative estimate of drug-likeness (QED) is 0.851. The minimum atomic E-state index is -0.311. The van der Waals surface area contributed by atoms with Crippen LogP contribution >= 0.6 is 15.9 Å². The fraction of sp³-hybridized carbons (Fsp3) is 0.200. The minimum absolute atomic E-state index is 0.0208. The van der Waals surface area contributed by atoms with Crippen LogP contribution in [-0.4, -0.2) is 12.7 Å². The molecule has 0 spiro atoms. The van der Waals surface area contributed by atoms with Crippen LogP contribution in [0.15, 0.2) is 46.9 Å². The molecule has 0 N–H and O–H groups in total. The van der Waals surface area contributed by atoms with E-state index in [2.05, 4.69) is 15.9 Å². The van der Waals surface area contributed by atoms with Gasteiger partial charge in [0, 0.05) is 12.5 Å². The molecular formula is C15H12BrFO2. The summed E-state index contributed by atoms with van der Waals surface area (Å²) in [6, 6.07) is 12.3. The summed E-state index contributed by atoms with van der Waals surface area (Å²) in [4.78, 5) is 0. The van der Waals surface area contributed by atoms with E-state index in [1.54, 1.807) is 6.07 Å². The van der Waals surface area contributed by atoms with Crippen molar-refractivity contribution in [2.24, 2.45) is 0 Å². The van der Waals surface area contributed by atoms with Crippen LogP contribution in [0.5, 0.6) is 11.5 Å². The highest BCUT2D eigenvalue weighted by Crippen LogP contribution is 2.30. The van der Waals surface area contributed by atoms with Crippen molar-refractivity contribution in [2.45, 2.75) is 12.5 Å². The zero-order valence-electron chi connectivity index (χ0n) is 10.1. The fourth-order valence-corrected chi connectivity index (χ4v) is 2.48. The number of benzene rings is 2. The van der Waals surface area contributed by atoms with Crippen molar-refractivity contribution in [3.8, 4) is 11.5 Å². The van der Waals surface area contributed by atoms with Crippen molar-refractivity contribution in [3.05, 3.63) is 58.3 Å². The van der Waals surface area contributed by atoms with Crippen LogP contribution in [-0.2, 0) is 6.42 Å². The Morgan fingerprint density at radius 1 is 1.26 bits per heavy atom. The predicted octanol–water partition coefficient (Wildman–Crippen LogP) is 3.97. The van der Waals surface area contributed by atoms with Gasteiger partial charge in [0.2, 0.25) is 0 Å². The lowest BCUT2D eigenvalue weighted by Gasteiger charge is -2.13. The molecule has 0 bridgehead atoms. The van der Waals surface area contributed by atoms with Crippen molar-refractivity contribution in [1.82, 2.24) is 0 Å². The SMILES string of the molecule is Fc1ccc(Br)c(OCC2Cc3ccccc3O2)c1. The third kappa shape index (κ3) is 2.73. The van der Waals surface area contributed by atoms with E-state index >= 15 is 0 Å².